The number of aromatic amines is 1. The van der Waals surface area contributed by atoms with E-state index in [9.17, 15) is 4.79 Å². The monoisotopic (exact) mass is 278 g/mol. The van der Waals surface area contributed by atoms with Crippen molar-refractivity contribution in [3.05, 3.63) is 18.2 Å². The SMILES string of the molecule is NC[C@H]1CC[C@@H](C(=O)N2CCCC(c3ncc[nH]3)C2)O1. The van der Waals surface area contributed by atoms with Crippen LogP contribution in [0.1, 0.15) is 37.4 Å². The fraction of sp³-hybridized carbons (Fsp3) is 0.714. The Hall–Kier alpha value is -1.40. The number of imidazole rings is 1. The first-order chi connectivity index (χ1) is 9.78. The smallest absolute Gasteiger partial charge is 0.251 e. The molecule has 2 aliphatic heterocycles. The molecular formula is C14H22N4O2. The average Bonchev–Trinajstić information content (AvgIpc) is 3.17. The number of nitrogens with zero attached hydrogens (tertiary/aromatic N) is 2. The lowest BCUT2D eigenvalue weighted by Gasteiger charge is -2.33. The Bertz CT molecular complexity index is 448. The largest absolute Gasteiger partial charge is 0.364 e. The summed E-state index contributed by atoms with van der Waals surface area (Å²) in [5, 5.41) is 0. The third-order valence-electron chi connectivity index (χ3n) is 4.29. The minimum absolute atomic E-state index is 0.0506. The summed E-state index contributed by atoms with van der Waals surface area (Å²) in [6.07, 6.45) is 7.14. The number of nitrogens with one attached hydrogen (secondary N) is 1. The van der Waals surface area contributed by atoms with Crippen molar-refractivity contribution < 1.29 is 9.53 Å². The van der Waals surface area contributed by atoms with Gasteiger partial charge in [-0.2, -0.15) is 0 Å². The van der Waals surface area contributed by atoms with Crippen LogP contribution in [0.2, 0.25) is 0 Å². The van der Waals surface area contributed by atoms with Crippen LogP contribution < -0.4 is 5.73 Å². The molecule has 0 saturated carbocycles. The van der Waals surface area contributed by atoms with Crippen molar-refractivity contribution in [3.63, 3.8) is 0 Å². The average molecular weight is 278 g/mol. The van der Waals surface area contributed by atoms with E-state index in [1.807, 2.05) is 11.1 Å². The molecule has 110 valence electrons. The number of ether oxygens (including phenoxy) is 1. The molecule has 1 aromatic heterocycles. The fourth-order valence-electron chi connectivity index (χ4n) is 3.17. The molecule has 6 heteroatoms. The highest BCUT2D eigenvalue weighted by Gasteiger charge is 2.35. The van der Waals surface area contributed by atoms with Crippen molar-refractivity contribution in [1.82, 2.24) is 14.9 Å². The highest BCUT2D eigenvalue weighted by molar-refractivity contribution is 5.81. The van der Waals surface area contributed by atoms with Gasteiger partial charge in [-0.25, -0.2) is 4.98 Å². The molecule has 1 amide bonds. The quantitative estimate of drug-likeness (QED) is 0.849. The van der Waals surface area contributed by atoms with Gasteiger partial charge in [0.15, 0.2) is 0 Å². The van der Waals surface area contributed by atoms with Crippen molar-refractivity contribution in [2.75, 3.05) is 19.6 Å². The molecule has 2 saturated heterocycles. The van der Waals surface area contributed by atoms with Crippen LogP contribution in [0.4, 0.5) is 0 Å². The summed E-state index contributed by atoms with van der Waals surface area (Å²) in [4.78, 5) is 21.9. The van der Waals surface area contributed by atoms with Gasteiger partial charge in [-0.3, -0.25) is 4.79 Å². The van der Waals surface area contributed by atoms with Crippen molar-refractivity contribution in [3.8, 4) is 0 Å². The molecule has 3 atom stereocenters. The first kappa shape index (κ1) is 13.6. The molecule has 3 N–H and O–H groups in total. The molecule has 2 fully saturated rings. The molecule has 6 nitrogen and oxygen atoms in total. The highest BCUT2D eigenvalue weighted by Crippen LogP contribution is 2.27. The maximum absolute atomic E-state index is 12.5. The number of likely N-dealkylation sites (tertiary alicyclic amines) is 1. The molecule has 0 aromatic carbocycles. The first-order valence-electron chi connectivity index (χ1n) is 7.41. The zero-order chi connectivity index (χ0) is 13.9. The normalized spacial score (nSPS) is 30.6. The molecule has 3 rings (SSSR count). The van der Waals surface area contributed by atoms with Crippen LogP contribution in [-0.2, 0) is 9.53 Å². The number of amides is 1. The molecule has 0 radical (unpaired) electrons. The van der Waals surface area contributed by atoms with Crippen molar-refractivity contribution in [1.29, 1.82) is 0 Å². The van der Waals surface area contributed by atoms with Crippen LogP contribution in [0.25, 0.3) is 0 Å². The molecule has 3 heterocycles. The Morgan fingerprint density at radius 3 is 3.10 bits per heavy atom. The predicted octanol–water partition coefficient (Wildman–Crippen LogP) is 0.622. The second-order valence-electron chi connectivity index (χ2n) is 5.66. The molecule has 0 spiro atoms. The lowest BCUT2D eigenvalue weighted by Crippen LogP contribution is -2.44. The number of piperidine rings is 1. The van der Waals surface area contributed by atoms with Gasteiger partial charge in [-0.1, -0.05) is 0 Å². The lowest BCUT2D eigenvalue weighted by atomic mass is 9.97. The van der Waals surface area contributed by atoms with Crippen LogP contribution >= 0.6 is 0 Å². The third-order valence-corrected chi connectivity index (χ3v) is 4.29. The molecule has 1 unspecified atom stereocenters. The van der Waals surface area contributed by atoms with Crippen LogP contribution in [0.5, 0.6) is 0 Å². The minimum atomic E-state index is -0.293. The van der Waals surface area contributed by atoms with Crippen molar-refractivity contribution in [2.45, 2.75) is 43.8 Å². The number of nitrogens with two attached hydrogens (primary N) is 1. The topological polar surface area (TPSA) is 84.2 Å². The highest BCUT2D eigenvalue weighted by atomic mass is 16.5. The van der Waals surface area contributed by atoms with Crippen molar-refractivity contribution in [2.24, 2.45) is 5.73 Å². The standard InChI is InChI=1S/C14H22N4O2/c15-8-11-3-4-12(20-11)14(19)18-7-1-2-10(9-18)13-16-5-6-17-13/h5-6,10-12H,1-4,7-9,15H2,(H,16,17)/t10?,11-,12+/m1/s1. The van der Waals surface area contributed by atoms with Crippen LogP contribution in [-0.4, -0.2) is 52.6 Å². The summed E-state index contributed by atoms with van der Waals surface area (Å²) < 4.78 is 5.71. The van der Waals surface area contributed by atoms with Crippen LogP contribution in [0.15, 0.2) is 12.4 Å². The number of carbonyl (C=O) groups is 1. The van der Waals surface area contributed by atoms with Gasteiger partial charge in [0, 0.05) is 37.9 Å². The van der Waals surface area contributed by atoms with Gasteiger partial charge in [0.05, 0.1) is 6.10 Å². The summed E-state index contributed by atoms with van der Waals surface area (Å²) in [6.45, 7) is 2.06. The number of aromatic nitrogens is 2. The Balaban J connectivity index is 1.61. The molecule has 1 aromatic rings. The van der Waals surface area contributed by atoms with E-state index in [2.05, 4.69) is 9.97 Å². The number of rotatable bonds is 3. The zero-order valence-electron chi connectivity index (χ0n) is 11.6. The molecule has 20 heavy (non-hydrogen) atoms. The number of H-pyrrole nitrogens is 1. The summed E-state index contributed by atoms with van der Waals surface area (Å²) in [7, 11) is 0. The predicted molar refractivity (Wildman–Crippen MR) is 74.1 cm³/mol. The third kappa shape index (κ3) is 2.71. The Kier molecular flexibility index (Phi) is 4.03. The van der Waals surface area contributed by atoms with Crippen LogP contribution in [0.3, 0.4) is 0 Å². The Morgan fingerprint density at radius 2 is 2.40 bits per heavy atom. The molecular weight excluding hydrogens is 256 g/mol. The summed E-state index contributed by atoms with van der Waals surface area (Å²) in [6, 6.07) is 0. The molecule has 0 bridgehead atoms. The van der Waals surface area contributed by atoms with E-state index in [0.717, 1.165) is 44.6 Å². The summed E-state index contributed by atoms with van der Waals surface area (Å²) in [5.74, 6) is 1.42. The molecule has 2 aliphatic rings. The van der Waals surface area contributed by atoms with E-state index >= 15 is 0 Å². The summed E-state index contributed by atoms with van der Waals surface area (Å²) >= 11 is 0. The van der Waals surface area contributed by atoms with Gasteiger partial charge in [-0.15, -0.1) is 0 Å². The van der Waals surface area contributed by atoms with E-state index < -0.39 is 0 Å². The van der Waals surface area contributed by atoms with E-state index in [1.54, 1.807) is 6.20 Å². The maximum atomic E-state index is 12.5. The van der Waals surface area contributed by atoms with Crippen LogP contribution in [0, 0.1) is 0 Å². The van der Waals surface area contributed by atoms with Gasteiger partial charge in [0.1, 0.15) is 11.9 Å². The van der Waals surface area contributed by atoms with Gasteiger partial charge in [-0.05, 0) is 25.7 Å². The maximum Gasteiger partial charge on any atom is 0.251 e. The lowest BCUT2D eigenvalue weighted by molar-refractivity contribution is -0.144. The van der Waals surface area contributed by atoms with Crippen molar-refractivity contribution >= 4 is 5.91 Å². The van der Waals surface area contributed by atoms with Gasteiger partial charge in [0.25, 0.3) is 5.91 Å². The zero-order valence-corrected chi connectivity index (χ0v) is 11.6. The van der Waals surface area contributed by atoms with Gasteiger partial charge >= 0.3 is 0 Å². The van der Waals surface area contributed by atoms with E-state index in [1.165, 1.54) is 0 Å². The summed E-state index contributed by atoms with van der Waals surface area (Å²) in [5.41, 5.74) is 5.60. The number of carbonyl (C=O) groups excluding carboxylic acids is 1. The molecule has 0 aliphatic carbocycles. The Morgan fingerprint density at radius 1 is 1.50 bits per heavy atom. The number of hydrogen-bond acceptors (Lipinski definition) is 4. The second-order valence-corrected chi connectivity index (χ2v) is 5.66. The van der Waals surface area contributed by atoms with Gasteiger partial charge in [0.2, 0.25) is 0 Å². The number of hydrogen-bond donors (Lipinski definition) is 2. The minimum Gasteiger partial charge on any atom is -0.364 e. The Labute approximate surface area is 118 Å². The van der Waals surface area contributed by atoms with E-state index in [4.69, 9.17) is 10.5 Å². The van der Waals surface area contributed by atoms with E-state index in [0.29, 0.717) is 12.5 Å². The fourth-order valence-corrected chi connectivity index (χ4v) is 3.17. The first-order valence-corrected chi connectivity index (χ1v) is 7.41. The second kappa shape index (κ2) is 5.93. The van der Waals surface area contributed by atoms with Gasteiger partial charge < -0.3 is 20.4 Å². The van der Waals surface area contributed by atoms with E-state index in [-0.39, 0.29) is 18.1 Å².